The minimum Gasteiger partial charge on any atom is -0.355 e. The molecule has 0 aliphatic rings. The van der Waals surface area contributed by atoms with Crippen molar-refractivity contribution >= 4 is 25.3 Å². The molecule has 0 rings (SSSR count). The maximum Gasteiger partial charge on any atom is 0.195 e. The fourth-order valence-electron chi connectivity index (χ4n) is 2.98. The number of nitrogens with zero attached hydrogens (tertiary/aromatic N) is 2. The van der Waals surface area contributed by atoms with E-state index >= 15 is 0 Å². The van der Waals surface area contributed by atoms with E-state index in [1.807, 2.05) is 13.8 Å². The third-order valence-corrected chi connectivity index (χ3v) is 8.77. The molecular formula is C21H46N3O3PS. The van der Waals surface area contributed by atoms with Crippen LogP contribution < -0.4 is 5.73 Å². The molecule has 0 spiro atoms. The van der Waals surface area contributed by atoms with Crippen LogP contribution in [0.4, 0.5) is 0 Å². The molecule has 2 N–H and O–H groups in total. The summed E-state index contributed by atoms with van der Waals surface area (Å²) in [4.78, 5) is 12.1. The van der Waals surface area contributed by atoms with Crippen LogP contribution in [0, 0.1) is 5.41 Å². The quantitative estimate of drug-likeness (QED) is 0.212. The SMILES string of the molecule is CC(C)N(C(C)C)P(OCOCCCSC(=O)C(C)(C)CN)N(C(C)C)C(C)C. The number of carbonyl (C=O) groups excluding carboxylic acids is 1. The summed E-state index contributed by atoms with van der Waals surface area (Å²) in [5.74, 6) is 0.741. The number of rotatable bonds is 15. The average molecular weight is 452 g/mol. The van der Waals surface area contributed by atoms with Gasteiger partial charge in [-0.2, -0.15) is 0 Å². The Morgan fingerprint density at radius 3 is 1.79 bits per heavy atom. The van der Waals surface area contributed by atoms with Crippen molar-refractivity contribution < 1.29 is 14.1 Å². The van der Waals surface area contributed by atoms with Crippen LogP contribution >= 0.6 is 20.2 Å². The van der Waals surface area contributed by atoms with Gasteiger partial charge in [-0.1, -0.05) is 25.6 Å². The van der Waals surface area contributed by atoms with Gasteiger partial charge >= 0.3 is 0 Å². The van der Waals surface area contributed by atoms with Crippen LogP contribution in [0.1, 0.15) is 75.7 Å². The van der Waals surface area contributed by atoms with Gasteiger partial charge in [0.05, 0.1) is 6.61 Å². The van der Waals surface area contributed by atoms with Crippen molar-refractivity contribution in [3.05, 3.63) is 0 Å². The van der Waals surface area contributed by atoms with Crippen molar-refractivity contribution in [1.29, 1.82) is 0 Å². The molecule has 6 nitrogen and oxygen atoms in total. The first kappa shape index (κ1) is 29.2. The Kier molecular flexibility index (Phi) is 14.5. The average Bonchev–Trinajstić information content (AvgIpc) is 2.58. The van der Waals surface area contributed by atoms with Crippen LogP contribution in [0.25, 0.3) is 0 Å². The first-order chi connectivity index (χ1) is 13.4. The lowest BCUT2D eigenvalue weighted by Crippen LogP contribution is -2.43. The molecule has 0 fully saturated rings. The molecule has 0 unspecified atom stereocenters. The second kappa shape index (κ2) is 14.3. The lowest BCUT2D eigenvalue weighted by atomic mass is 9.96. The maximum atomic E-state index is 12.1. The van der Waals surface area contributed by atoms with E-state index in [0.29, 0.717) is 37.3 Å². The first-order valence-electron chi connectivity index (χ1n) is 10.8. The summed E-state index contributed by atoms with van der Waals surface area (Å²) in [6, 6.07) is 1.53. The van der Waals surface area contributed by atoms with Crippen molar-refractivity contribution in [3.63, 3.8) is 0 Å². The Morgan fingerprint density at radius 1 is 0.966 bits per heavy atom. The van der Waals surface area contributed by atoms with Gasteiger partial charge in [-0.3, -0.25) is 4.79 Å². The minimum absolute atomic E-state index is 0.147. The number of carbonyl (C=O) groups is 1. The molecule has 0 amide bonds. The Balaban J connectivity index is 4.67. The number of nitrogens with two attached hydrogens (primary N) is 1. The predicted molar refractivity (Wildman–Crippen MR) is 128 cm³/mol. The normalized spacial score (nSPS) is 13.3. The molecule has 0 aliphatic carbocycles. The third-order valence-electron chi connectivity index (χ3n) is 4.49. The summed E-state index contributed by atoms with van der Waals surface area (Å²) >= 11 is 1.35. The van der Waals surface area contributed by atoms with Crippen LogP contribution in [-0.2, 0) is 14.1 Å². The van der Waals surface area contributed by atoms with Gasteiger partial charge < -0.3 is 15.0 Å². The van der Waals surface area contributed by atoms with Crippen LogP contribution in [0.5, 0.6) is 0 Å². The smallest absolute Gasteiger partial charge is 0.195 e. The topological polar surface area (TPSA) is 68.0 Å². The predicted octanol–water partition coefficient (Wildman–Crippen LogP) is 5.08. The van der Waals surface area contributed by atoms with E-state index in [1.54, 1.807) is 0 Å². The molecule has 8 heteroatoms. The van der Waals surface area contributed by atoms with Gasteiger partial charge in [-0.15, -0.1) is 0 Å². The number of thioether (sulfide) groups is 1. The van der Waals surface area contributed by atoms with Gasteiger partial charge in [0, 0.05) is 41.9 Å². The molecule has 0 saturated heterocycles. The highest BCUT2D eigenvalue weighted by atomic mass is 32.2. The minimum atomic E-state index is -0.929. The van der Waals surface area contributed by atoms with Crippen molar-refractivity contribution in [2.75, 3.05) is 25.7 Å². The zero-order chi connectivity index (χ0) is 22.8. The highest BCUT2D eigenvalue weighted by Gasteiger charge is 2.34. The van der Waals surface area contributed by atoms with Crippen LogP contribution in [0.3, 0.4) is 0 Å². The van der Waals surface area contributed by atoms with E-state index in [2.05, 4.69) is 64.7 Å². The number of ether oxygens (including phenoxy) is 1. The highest BCUT2D eigenvalue weighted by molar-refractivity contribution is 8.13. The van der Waals surface area contributed by atoms with E-state index < -0.39 is 13.9 Å². The lowest BCUT2D eigenvalue weighted by Gasteiger charge is -2.45. The monoisotopic (exact) mass is 451 g/mol. The number of hydrogen-bond acceptors (Lipinski definition) is 7. The molecule has 0 aromatic rings. The summed E-state index contributed by atoms with van der Waals surface area (Å²) < 4.78 is 17.0. The molecule has 0 saturated carbocycles. The molecular weight excluding hydrogens is 405 g/mol. The van der Waals surface area contributed by atoms with Crippen LogP contribution in [0.15, 0.2) is 0 Å². The van der Waals surface area contributed by atoms with Gasteiger partial charge in [0.15, 0.2) is 20.4 Å². The zero-order valence-corrected chi connectivity index (χ0v) is 22.1. The molecule has 0 aromatic heterocycles. The Labute approximate surface area is 185 Å². The van der Waals surface area contributed by atoms with E-state index in [9.17, 15) is 4.79 Å². The Morgan fingerprint density at radius 2 is 1.41 bits per heavy atom. The van der Waals surface area contributed by atoms with Gasteiger partial charge in [0.2, 0.25) is 0 Å². The summed E-state index contributed by atoms with van der Waals surface area (Å²) in [6.07, 6.45) is 0.814. The Hall–Kier alpha value is 0.250. The van der Waals surface area contributed by atoms with Gasteiger partial charge in [-0.05, 0) is 61.8 Å². The summed E-state index contributed by atoms with van der Waals surface area (Å²) in [6.45, 7) is 22.7. The number of hydrogen-bond donors (Lipinski definition) is 1. The fraction of sp³-hybridized carbons (Fsp3) is 0.952. The van der Waals surface area contributed by atoms with Gasteiger partial charge in [0.1, 0.15) is 0 Å². The fourth-order valence-corrected chi connectivity index (χ4v) is 6.16. The highest BCUT2D eigenvalue weighted by Crippen LogP contribution is 2.50. The first-order valence-corrected chi connectivity index (χ1v) is 13.0. The standard InChI is InChI=1S/C21H46N3O3PS/c1-16(2)23(17(3)4)28(24(18(5)6)19(7)8)27-15-26-12-11-13-29-20(25)21(9,10)14-22/h16-19H,11-15,22H2,1-10H3. The van der Waals surface area contributed by atoms with Crippen molar-refractivity contribution in [3.8, 4) is 0 Å². The molecule has 0 heterocycles. The van der Waals surface area contributed by atoms with Crippen molar-refractivity contribution in [2.24, 2.45) is 11.1 Å². The van der Waals surface area contributed by atoms with E-state index in [0.717, 1.165) is 12.2 Å². The maximum absolute atomic E-state index is 12.1. The summed E-state index contributed by atoms with van der Waals surface area (Å²) in [5, 5.41) is 0.147. The summed E-state index contributed by atoms with van der Waals surface area (Å²) in [5.41, 5.74) is 5.20. The third kappa shape index (κ3) is 10.4. The van der Waals surface area contributed by atoms with Crippen molar-refractivity contribution in [1.82, 2.24) is 9.34 Å². The van der Waals surface area contributed by atoms with Crippen LogP contribution in [-0.4, -0.2) is 64.3 Å². The van der Waals surface area contributed by atoms with E-state index in [1.165, 1.54) is 11.8 Å². The van der Waals surface area contributed by atoms with E-state index in [4.69, 9.17) is 15.0 Å². The van der Waals surface area contributed by atoms with Crippen molar-refractivity contribution in [2.45, 2.75) is 99.8 Å². The lowest BCUT2D eigenvalue weighted by molar-refractivity contribution is -0.117. The molecule has 174 valence electrons. The summed E-state index contributed by atoms with van der Waals surface area (Å²) in [7, 11) is -0.929. The molecule has 0 aliphatic heterocycles. The molecule has 29 heavy (non-hydrogen) atoms. The van der Waals surface area contributed by atoms with E-state index in [-0.39, 0.29) is 11.9 Å². The zero-order valence-electron chi connectivity index (χ0n) is 20.4. The second-order valence-corrected chi connectivity index (χ2v) is 11.9. The van der Waals surface area contributed by atoms with Gasteiger partial charge in [0.25, 0.3) is 0 Å². The Bertz CT molecular complexity index is 426. The largest absolute Gasteiger partial charge is 0.355 e. The molecule has 0 atom stereocenters. The molecule has 0 aromatic carbocycles. The van der Waals surface area contributed by atoms with Gasteiger partial charge in [-0.25, -0.2) is 9.34 Å². The van der Waals surface area contributed by atoms with Crippen LogP contribution in [0.2, 0.25) is 0 Å². The molecule has 0 bridgehead atoms. The molecule has 0 radical (unpaired) electrons. The second-order valence-electron chi connectivity index (χ2n) is 9.12.